The molecule has 0 aliphatic carbocycles. The molecule has 10 atom stereocenters. The van der Waals surface area contributed by atoms with Gasteiger partial charge in [0.2, 0.25) is 0 Å². The van der Waals surface area contributed by atoms with Crippen LogP contribution in [0.5, 0.6) is 0 Å². The lowest BCUT2D eigenvalue weighted by atomic mass is 9.97. The molecule has 0 bridgehead atoms. The van der Waals surface area contributed by atoms with E-state index in [0.29, 0.717) is 6.61 Å². The first-order valence-electron chi connectivity index (χ1n) is 24.8. The highest BCUT2D eigenvalue weighted by molar-refractivity contribution is 5.19. The van der Waals surface area contributed by atoms with Gasteiger partial charge in [-0.2, -0.15) is 0 Å². The first-order valence-corrected chi connectivity index (χ1v) is 24.8. The Morgan fingerprint density at radius 3 is 0.917 bits per heavy atom. The summed E-state index contributed by atoms with van der Waals surface area (Å²) in [5.74, 6) is 0. The zero-order valence-corrected chi connectivity index (χ0v) is 40.4. The molecule has 1 N–H and O–H groups in total. The predicted octanol–water partition coefficient (Wildman–Crippen LogP) is 10.2. The van der Waals surface area contributed by atoms with E-state index in [1.807, 2.05) is 212 Å². The van der Waals surface area contributed by atoms with Crippen molar-refractivity contribution in [2.75, 3.05) is 13.2 Å². The van der Waals surface area contributed by atoms with Gasteiger partial charge in [0.1, 0.15) is 48.8 Å². The van der Waals surface area contributed by atoms with Gasteiger partial charge in [0.15, 0.2) is 12.6 Å². The number of ether oxygens (including phenoxy) is 10. The molecule has 2 aliphatic rings. The van der Waals surface area contributed by atoms with Crippen molar-refractivity contribution in [3.63, 3.8) is 0 Å². The summed E-state index contributed by atoms with van der Waals surface area (Å²) in [6, 6.07) is 69.7. The largest absolute Gasteiger partial charge is 0.374 e. The van der Waals surface area contributed by atoms with Crippen molar-refractivity contribution in [3.8, 4) is 0 Å². The number of benzene rings is 7. The Kier molecular flexibility index (Phi) is 19.3. The third kappa shape index (κ3) is 14.8. The van der Waals surface area contributed by atoms with Gasteiger partial charge in [-0.15, -0.1) is 0 Å². The van der Waals surface area contributed by atoms with Crippen LogP contribution < -0.4 is 0 Å². The number of aliphatic hydroxyl groups is 1. The summed E-state index contributed by atoms with van der Waals surface area (Å²) in [5.41, 5.74) is 6.80. The molecule has 1 unspecified atom stereocenters. The second-order valence-corrected chi connectivity index (χ2v) is 18.0. The molecule has 11 heteroatoms. The van der Waals surface area contributed by atoms with Crippen LogP contribution >= 0.6 is 0 Å². The van der Waals surface area contributed by atoms with Crippen molar-refractivity contribution >= 4 is 0 Å². The lowest BCUT2D eigenvalue weighted by Crippen LogP contribution is -2.63. The normalized spacial score (nSPS) is 24.2. The minimum absolute atomic E-state index is 0.0957. The van der Waals surface area contributed by atoms with Gasteiger partial charge in [-0.1, -0.05) is 212 Å². The van der Waals surface area contributed by atoms with Gasteiger partial charge < -0.3 is 52.5 Å². The number of rotatable bonds is 25. The fourth-order valence-corrected chi connectivity index (χ4v) is 8.97. The van der Waals surface area contributed by atoms with E-state index in [-0.39, 0.29) is 52.9 Å². The molecule has 374 valence electrons. The van der Waals surface area contributed by atoms with Crippen LogP contribution in [0.15, 0.2) is 212 Å². The van der Waals surface area contributed by atoms with E-state index in [1.54, 1.807) is 0 Å². The molecular weight excluding hydrogens is 909 g/mol. The van der Waals surface area contributed by atoms with Gasteiger partial charge in [0.05, 0.1) is 59.5 Å². The van der Waals surface area contributed by atoms with E-state index in [2.05, 4.69) is 0 Å². The monoisotopic (exact) mass is 972 g/mol. The van der Waals surface area contributed by atoms with Crippen molar-refractivity contribution < 1.29 is 52.5 Å². The van der Waals surface area contributed by atoms with Crippen molar-refractivity contribution in [1.82, 2.24) is 0 Å². The van der Waals surface area contributed by atoms with Gasteiger partial charge in [0.25, 0.3) is 0 Å². The van der Waals surface area contributed by atoms with Crippen LogP contribution in [0.25, 0.3) is 0 Å². The minimum Gasteiger partial charge on any atom is -0.374 e. The lowest BCUT2D eigenvalue weighted by Gasteiger charge is -2.47. The maximum Gasteiger partial charge on any atom is 0.187 e. The van der Waals surface area contributed by atoms with Gasteiger partial charge in [-0.05, 0) is 38.9 Å². The van der Waals surface area contributed by atoms with Crippen LogP contribution in [0.2, 0.25) is 0 Å². The highest BCUT2D eigenvalue weighted by atomic mass is 16.7. The van der Waals surface area contributed by atoms with Crippen LogP contribution in [0, 0.1) is 0 Å². The molecule has 7 aromatic rings. The average Bonchev–Trinajstić information content (AvgIpc) is 3.44. The van der Waals surface area contributed by atoms with Gasteiger partial charge in [-0.25, -0.2) is 0 Å². The average molecular weight is 973 g/mol. The second-order valence-electron chi connectivity index (χ2n) is 18.0. The fourth-order valence-electron chi connectivity index (χ4n) is 8.97. The van der Waals surface area contributed by atoms with Crippen molar-refractivity contribution in [1.29, 1.82) is 0 Å². The highest BCUT2D eigenvalue weighted by Crippen LogP contribution is 2.34. The molecule has 2 fully saturated rings. The Labute approximate surface area is 423 Å². The topological polar surface area (TPSA) is 113 Å². The molecule has 0 radical (unpaired) electrons. The van der Waals surface area contributed by atoms with Crippen LogP contribution in [0.1, 0.15) is 38.9 Å². The van der Waals surface area contributed by atoms with E-state index in [0.717, 1.165) is 38.9 Å². The van der Waals surface area contributed by atoms with Gasteiger partial charge in [-0.3, -0.25) is 0 Å². The van der Waals surface area contributed by atoms with E-state index >= 15 is 0 Å². The first-order chi connectivity index (χ1) is 35.6. The van der Waals surface area contributed by atoms with E-state index in [1.165, 1.54) is 0 Å². The van der Waals surface area contributed by atoms with E-state index in [4.69, 9.17) is 47.4 Å². The Hall–Kier alpha value is -5.90. The maximum atomic E-state index is 12.0. The quantitative estimate of drug-likeness (QED) is 0.0591. The van der Waals surface area contributed by atoms with Gasteiger partial charge >= 0.3 is 0 Å². The first kappa shape index (κ1) is 51.0. The zero-order chi connectivity index (χ0) is 49.0. The van der Waals surface area contributed by atoms with Crippen LogP contribution in [-0.2, 0) is 93.6 Å². The molecule has 2 saturated heterocycles. The van der Waals surface area contributed by atoms with Crippen LogP contribution in [0.4, 0.5) is 0 Å². The molecule has 2 aliphatic heterocycles. The summed E-state index contributed by atoms with van der Waals surface area (Å²) < 4.78 is 67.9. The van der Waals surface area contributed by atoms with Crippen molar-refractivity contribution in [2.45, 2.75) is 108 Å². The molecule has 0 aromatic heterocycles. The molecule has 7 aromatic carbocycles. The summed E-state index contributed by atoms with van der Waals surface area (Å²) in [4.78, 5) is 0. The Morgan fingerprint density at radius 2 is 0.556 bits per heavy atom. The number of hydrogen-bond donors (Lipinski definition) is 1. The molecule has 2 heterocycles. The molecule has 0 amide bonds. The summed E-state index contributed by atoms with van der Waals surface area (Å²) >= 11 is 0. The van der Waals surface area contributed by atoms with E-state index < -0.39 is 61.4 Å². The summed E-state index contributed by atoms with van der Waals surface area (Å²) in [5, 5.41) is 12.0. The van der Waals surface area contributed by atoms with Gasteiger partial charge in [0, 0.05) is 0 Å². The van der Waals surface area contributed by atoms with Crippen LogP contribution in [0.3, 0.4) is 0 Å². The standard InChI is InChI=1S/C61H64O11/c62-60-58(68-41-50-32-18-6-19-33-50)56(66-39-48-28-14-4-15-29-48)55(65-38-47-26-12-3-13-27-47)53(71-60)44-70-61-59(69-42-51-34-20-7-21-35-51)57(67-40-49-30-16-5-17-31-49)54(64-37-46-24-10-2-11-25-46)52(72-61)43-63-36-45-22-8-1-9-23-45/h1-35,52-62H,36-44H2/t52-,53-,54-,55-,56+,57+,58+,59+,60+,61?/m1/s1. The molecule has 9 rings (SSSR count). The van der Waals surface area contributed by atoms with E-state index in [9.17, 15) is 5.11 Å². The Balaban J connectivity index is 1.04. The third-order valence-corrected chi connectivity index (χ3v) is 12.7. The number of hydrogen-bond acceptors (Lipinski definition) is 11. The third-order valence-electron chi connectivity index (χ3n) is 12.7. The minimum atomic E-state index is -1.41. The molecule has 72 heavy (non-hydrogen) atoms. The lowest BCUT2D eigenvalue weighted by molar-refractivity contribution is -0.349. The molecule has 0 spiro atoms. The summed E-state index contributed by atoms with van der Waals surface area (Å²) in [7, 11) is 0. The Bertz CT molecular complexity index is 2550. The van der Waals surface area contributed by atoms with Crippen molar-refractivity contribution in [2.24, 2.45) is 0 Å². The fraction of sp³-hybridized carbons (Fsp3) is 0.311. The SMILES string of the molecule is O[C@H]1O[C@H](COC2O[C@H](COCc3ccccc3)[C@@H](OCc3ccccc3)[C@H](OCc3ccccc3)[C@@H]2OCc2ccccc2)[C@@H](OCc2ccccc2)[C@H](OCc2ccccc2)[C@@H]1OCc1ccccc1. The maximum absolute atomic E-state index is 12.0. The molecular formula is C61H64O11. The highest BCUT2D eigenvalue weighted by Gasteiger charge is 2.52. The predicted molar refractivity (Wildman–Crippen MR) is 272 cm³/mol. The van der Waals surface area contributed by atoms with Crippen LogP contribution in [-0.4, -0.2) is 79.7 Å². The zero-order valence-electron chi connectivity index (χ0n) is 40.4. The molecule has 0 saturated carbocycles. The summed E-state index contributed by atoms with van der Waals surface area (Å²) in [6.07, 6.45) is -8.74. The smallest absolute Gasteiger partial charge is 0.187 e. The Morgan fingerprint density at radius 1 is 0.278 bits per heavy atom. The van der Waals surface area contributed by atoms with Crippen molar-refractivity contribution in [3.05, 3.63) is 251 Å². The second kappa shape index (κ2) is 27.2. The molecule has 11 nitrogen and oxygen atoms in total. The number of aliphatic hydroxyl groups excluding tert-OH is 1. The summed E-state index contributed by atoms with van der Waals surface area (Å²) in [6.45, 7) is 1.89.